The summed E-state index contributed by atoms with van der Waals surface area (Å²) in [5.41, 5.74) is 2.62. The Hall–Kier alpha value is -1.54. The molecule has 0 spiro atoms. The molecule has 0 unspecified atom stereocenters. The van der Waals surface area contributed by atoms with Crippen molar-refractivity contribution in [2.75, 3.05) is 26.4 Å². The summed E-state index contributed by atoms with van der Waals surface area (Å²) in [6, 6.07) is 12.5. The van der Waals surface area contributed by atoms with E-state index >= 15 is 0 Å². The maximum absolute atomic E-state index is 12.4. The zero-order chi connectivity index (χ0) is 20.0. The number of thioether (sulfide) groups is 1. The van der Waals surface area contributed by atoms with Gasteiger partial charge in [-0.15, -0.1) is 0 Å². The summed E-state index contributed by atoms with van der Waals surface area (Å²) in [5.74, 6) is 1.23. The van der Waals surface area contributed by atoms with E-state index in [0.717, 1.165) is 15.8 Å². The third kappa shape index (κ3) is 5.97. The molecule has 0 bridgehead atoms. The maximum atomic E-state index is 12.4. The van der Waals surface area contributed by atoms with E-state index in [0.29, 0.717) is 6.54 Å². The van der Waals surface area contributed by atoms with Crippen molar-refractivity contribution in [2.45, 2.75) is 17.6 Å². The topological polar surface area (TPSA) is 66.5 Å². The Labute approximate surface area is 170 Å². The lowest BCUT2D eigenvalue weighted by molar-refractivity contribution is 0.0956. The van der Waals surface area contributed by atoms with Crippen molar-refractivity contribution >= 4 is 39.3 Å². The predicted octanol–water partition coefficient (Wildman–Crippen LogP) is 3.56. The molecule has 2 rings (SSSR count). The molecule has 0 saturated heterocycles. The first-order valence-corrected chi connectivity index (χ1v) is 11.3. The molecule has 0 radical (unpaired) electrons. The van der Waals surface area contributed by atoms with Gasteiger partial charge in [0.1, 0.15) is 0 Å². The van der Waals surface area contributed by atoms with Gasteiger partial charge < -0.3 is 5.32 Å². The van der Waals surface area contributed by atoms with Crippen LogP contribution in [0.5, 0.6) is 0 Å². The van der Waals surface area contributed by atoms with Crippen molar-refractivity contribution in [3.63, 3.8) is 0 Å². The van der Waals surface area contributed by atoms with Crippen LogP contribution in [0.2, 0.25) is 5.02 Å². The normalized spacial score (nSPS) is 11.6. The van der Waals surface area contributed by atoms with Gasteiger partial charge in [-0.25, -0.2) is 12.7 Å². The van der Waals surface area contributed by atoms with Gasteiger partial charge in [-0.1, -0.05) is 41.4 Å². The van der Waals surface area contributed by atoms with Gasteiger partial charge in [-0.3, -0.25) is 4.79 Å². The fourth-order valence-electron chi connectivity index (χ4n) is 2.26. The second-order valence-corrected chi connectivity index (χ2v) is 9.89. The highest BCUT2D eigenvalue weighted by atomic mass is 35.5. The van der Waals surface area contributed by atoms with Crippen LogP contribution in [0.1, 0.15) is 21.5 Å². The van der Waals surface area contributed by atoms with Gasteiger partial charge in [-0.05, 0) is 30.7 Å². The Bertz CT molecular complexity index is 898. The molecular formula is C19H23ClN2O3S2. The van der Waals surface area contributed by atoms with Crippen molar-refractivity contribution in [2.24, 2.45) is 0 Å². The molecule has 0 fully saturated rings. The molecule has 5 nitrogen and oxygen atoms in total. The molecule has 2 aromatic carbocycles. The zero-order valence-electron chi connectivity index (χ0n) is 15.5. The number of nitrogens with one attached hydrogen (secondary N) is 1. The molecule has 0 heterocycles. The second-order valence-electron chi connectivity index (χ2n) is 6.22. The Morgan fingerprint density at radius 2 is 1.81 bits per heavy atom. The Morgan fingerprint density at radius 3 is 2.44 bits per heavy atom. The van der Waals surface area contributed by atoms with Crippen LogP contribution in [-0.2, 0) is 15.8 Å². The third-order valence-electron chi connectivity index (χ3n) is 3.88. The van der Waals surface area contributed by atoms with Gasteiger partial charge in [0.15, 0.2) is 0 Å². The maximum Gasteiger partial charge on any atom is 0.252 e. The van der Waals surface area contributed by atoms with Crippen LogP contribution >= 0.6 is 23.4 Å². The van der Waals surface area contributed by atoms with E-state index in [-0.39, 0.29) is 21.4 Å². The predicted molar refractivity (Wildman–Crippen MR) is 112 cm³/mol. The van der Waals surface area contributed by atoms with E-state index in [9.17, 15) is 13.2 Å². The molecule has 27 heavy (non-hydrogen) atoms. The first kappa shape index (κ1) is 21.8. The highest BCUT2D eigenvalue weighted by Gasteiger charge is 2.20. The fraction of sp³-hybridized carbons (Fsp3) is 0.316. The molecule has 0 aliphatic rings. The van der Waals surface area contributed by atoms with Crippen molar-refractivity contribution in [3.8, 4) is 0 Å². The highest BCUT2D eigenvalue weighted by molar-refractivity contribution is 7.98. The monoisotopic (exact) mass is 426 g/mol. The minimum absolute atomic E-state index is 0.0378. The van der Waals surface area contributed by atoms with Gasteiger partial charge in [0.25, 0.3) is 5.91 Å². The molecule has 8 heteroatoms. The van der Waals surface area contributed by atoms with Crippen LogP contribution in [0.25, 0.3) is 0 Å². The molecule has 146 valence electrons. The first-order valence-electron chi connectivity index (χ1n) is 8.35. The van der Waals surface area contributed by atoms with Gasteiger partial charge in [0, 0.05) is 32.1 Å². The summed E-state index contributed by atoms with van der Waals surface area (Å²) in [6.45, 7) is 2.52. The Kier molecular flexibility index (Phi) is 7.73. The van der Waals surface area contributed by atoms with Crippen LogP contribution in [-0.4, -0.2) is 45.0 Å². The fourth-order valence-corrected chi connectivity index (χ4v) is 4.21. The van der Waals surface area contributed by atoms with Gasteiger partial charge in [-0.2, -0.15) is 11.8 Å². The van der Waals surface area contributed by atoms with E-state index in [2.05, 4.69) is 36.5 Å². The van der Waals surface area contributed by atoms with E-state index in [1.54, 1.807) is 11.8 Å². The number of hydrogen-bond donors (Lipinski definition) is 1. The number of carbonyl (C=O) groups excluding carboxylic acids is 1. The number of benzene rings is 2. The minimum atomic E-state index is -3.62. The summed E-state index contributed by atoms with van der Waals surface area (Å²) in [7, 11) is -0.743. The largest absolute Gasteiger partial charge is 0.351 e. The number of sulfonamides is 1. The summed E-state index contributed by atoms with van der Waals surface area (Å²) >= 11 is 7.79. The van der Waals surface area contributed by atoms with E-state index < -0.39 is 10.0 Å². The molecule has 1 amide bonds. The Morgan fingerprint density at radius 1 is 1.15 bits per heavy atom. The first-order chi connectivity index (χ1) is 12.7. The molecule has 0 aliphatic heterocycles. The van der Waals surface area contributed by atoms with E-state index in [1.807, 2.05) is 0 Å². The minimum Gasteiger partial charge on any atom is -0.351 e. The van der Waals surface area contributed by atoms with Gasteiger partial charge in [0.05, 0.1) is 15.5 Å². The van der Waals surface area contributed by atoms with Crippen LogP contribution < -0.4 is 5.32 Å². The summed E-state index contributed by atoms with van der Waals surface area (Å²) in [6.07, 6.45) is 0. The van der Waals surface area contributed by atoms with Crippen LogP contribution in [0.3, 0.4) is 0 Å². The van der Waals surface area contributed by atoms with Gasteiger partial charge >= 0.3 is 0 Å². The third-order valence-corrected chi connectivity index (χ3v) is 7.05. The lowest BCUT2D eigenvalue weighted by Gasteiger charge is -2.13. The number of hydrogen-bond acceptors (Lipinski definition) is 4. The second kappa shape index (κ2) is 9.59. The molecule has 1 N–H and O–H groups in total. The molecule has 0 aromatic heterocycles. The summed E-state index contributed by atoms with van der Waals surface area (Å²) in [5, 5.41) is 3.01. The van der Waals surface area contributed by atoms with Crippen molar-refractivity contribution in [1.29, 1.82) is 0 Å². The average Bonchev–Trinajstić information content (AvgIpc) is 2.62. The zero-order valence-corrected chi connectivity index (χ0v) is 17.9. The lowest BCUT2D eigenvalue weighted by atomic mass is 10.2. The Balaban J connectivity index is 1.91. The number of nitrogens with zero attached hydrogens (tertiary/aromatic N) is 1. The summed E-state index contributed by atoms with van der Waals surface area (Å²) < 4.78 is 25.5. The molecule has 0 atom stereocenters. The number of rotatable bonds is 8. The van der Waals surface area contributed by atoms with Gasteiger partial charge in [0.2, 0.25) is 10.0 Å². The SMILES string of the molecule is Cc1ccc(CSCCNC(=O)c2cc(S(=O)(=O)N(C)C)ccc2Cl)cc1. The number of carbonyl (C=O) groups is 1. The van der Waals surface area contributed by atoms with E-state index in [4.69, 9.17) is 11.6 Å². The highest BCUT2D eigenvalue weighted by Crippen LogP contribution is 2.22. The molecule has 0 aliphatic carbocycles. The van der Waals surface area contributed by atoms with E-state index in [1.165, 1.54) is 43.4 Å². The summed E-state index contributed by atoms with van der Waals surface area (Å²) in [4.78, 5) is 12.4. The number of halogens is 1. The molecule has 2 aromatic rings. The smallest absolute Gasteiger partial charge is 0.252 e. The molecular weight excluding hydrogens is 404 g/mol. The van der Waals surface area contributed by atoms with Crippen LogP contribution in [0, 0.1) is 6.92 Å². The van der Waals surface area contributed by atoms with Crippen LogP contribution in [0.15, 0.2) is 47.4 Å². The number of aryl methyl sites for hydroxylation is 1. The van der Waals surface area contributed by atoms with Crippen molar-refractivity contribution in [1.82, 2.24) is 9.62 Å². The standard InChI is InChI=1S/C19H23ClN2O3S2/c1-14-4-6-15(7-5-14)13-26-11-10-21-19(23)17-12-16(8-9-18(17)20)27(24,25)22(2)3/h4-9,12H,10-11,13H2,1-3H3,(H,21,23). The molecule has 0 saturated carbocycles. The van der Waals surface area contributed by atoms with Crippen molar-refractivity contribution < 1.29 is 13.2 Å². The lowest BCUT2D eigenvalue weighted by Crippen LogP contribution is -2.27. The average molecular weight is 427 g/mol. The number of amides is 1. The van der Waals surface area contributed by atoms with Crippen LogP contribution in [0.4, 0.5) is 0 Å². The quantitative estimate of drug-likeness (QED) is 0.655. The van der Waals surface area contributed by atoms with Crippen molar-refractivity contribution in [3.05, 3.63) is 64.2 Å².